The number of hydrogen-bond donors (Lipinski definition) is 1. The Bertz CT molecular complexity index is 965. The molecule has 174 valence electrons. The molecule has 1 aromatic carbocycles. The molecule has 2 aliphatic heterocycles. The maximum absolute atomic E-state index is 12.3. The van der Waals surface area contributed by atoms with E-state index in [9.17, 15) is 4.79 Å². The lowest BCUT2D eigenvalue weighted by molar-refractivity contribution is 0.122. The Labute approximate surface area is 188 Å². The van der Waals surface area contributed by atoms with Crippen molar-refractivity contribution < 1.29 is 18.9 Å². The molecular formula is C23H32N4O5. The number of morpholine rings is 1. The fourth-order valence-electron chi connectivity index (χ4n) is 4.51. The average molecular weight is 445 g/mol. The molecule has 4 rings (SSSR count). The molecule has 0 aliphatic carbocycles. The maximum Gasteiger partial charge on any atom is 0.252 e. The summed E-state index contributed by atoms with van der Waals surface area (Å²) in [5.74, 6) is 2.92. The first-order chi connectivity index (χ1) is 15.6. The second kappa shape index (κ2) is 10.2. The van der Waals surface area contributed by atoms with E-state index in [4.69, 9.17) is 23.9 Å². The number of aromatic amines is 1. The Balaban J connectivity index is 1.43. The average Bonchev–Trinajstić information content (AvgIpc) is 2.84. The molecule has 0 spiro atoms. The predicted octanol–water partition coefficient (Wildman–Crippen LogP) is 2.01. The number of nitrogens with one attached hydrogen (secondary N) is 1. The van der Waals surface area contributed by atoms with Crippen molar-refractivity contribution in [2.75, 3.05) is 65.6 Å². The summed E-state index contributed by atoms with van der Waals surface area (Å²) in [6.45, 7) is 5.42. The number of piperidine rings is 1. The highest BCUT2D eigenvalue weighted by Gasteiger charge is 2.25. The summed E-state index contributed by atoms with van der Waals surface area (Å²) in [5.41, 5.74) is 1.86. The van der Waals surface area contributed by atoms with Crippen molar-refractivity contribution in [1.82, 2.24) is 14.9 Å². The van der Waals surface area contributed by atoms with Crippen molar-refractivity contribution in [2.45, 2.75) is 25.3 Å². The van der Waals surface area contributed by atoms with Crippen LogP contribution in [0.2, 0.25) is 0 Å². The summed E-state index contributed by atoms with van der Waals surface area (Å²) in [5, 5.41) is 0. The van der Waals surface area contributed by atoms with Crippen LogP contribution in [0.25, 0.3) is 0 Å². The van der Waals surface area contributed by atoms with Gasteiger partial charge in [-0.05, 0) is 32.0 Å². The van der Waals surface area contributed by atoms with Crippen LogP contribution in [0.1, 0.15) is 30.0 Å². The number of ether oxygens (including phenoxy) is 4. The lowest BCUT2D eigenvalue weighted by Gasteiger charge is -2.33. The van der Waals surface area contributed by atoms with Gasteiger partial charge in [-0.3, -0.25) is 14.7 Å². The van der Waals surface area contributed by atoms with E-state index in [1.807, 2.05) is 12.1 Å². The number of hydrogen-bond acceptors (Lipinski definition) is 8. The number of methoxy groups -OCH3 is 3. The van der Waals surface area contributed by atoms with E-state index < -0.39 is 0 Å². The number of benzene rings is 1. The molecule has 1 aromatic heterocycles. The van der Waals surface area contributed by atoms with Crippen LogP contribution in [0, 0.1) is 0 Å². The molecular weight excluding hydrogens is 412 g/mol. The number of likely N-dealkylation sites (tertiary alicyclic amines) is 1. The van der Waals surface area contributed by atoms with Crippen molar-refractivity contribution in [3.8, 4) is 17.2 Å². The first-order valence-electron chi connectivity index (χ1n) is 11.1. The SMILES string of the molecule is COc1ccc(CN2CCC(c3cc(=O)[nH]c(N4CCOCC4)n3)CC2)c(OC)c1OC. The third-order valence-electron chi connectivity index (χ3n) is 6.25. The van der Waals surface area contributed by atoms with Crippen LogP contribution in [0.5, 0.6) is 17.2 Å². The molecule has 0 radical (unpaired) electrons. The van der Waals surface area contributed by atoms with Gasteiger partial charge in [0.1, 0.15) is 0 Å². The Kier molecular flexibility index (Phi) is 7.16. The molecule has 0 unspecified atom stereocenters. The van der Waals surface area contributed by atoms with E-state index >= 15 is 0 Å². The molecule has 2 aromatic rings. The summed E-state index contributed by atoms with van der Waals surface area (Å²) < 4.78 is 21.9. The number of nitrogens with zero attached hydrogens (tertiary/aromatic N) is 3. The van der Waals surface area contributed by atoms with E-state index in [1.54, 1.807) is 27.4 Å². The van der Waals surface area contributed by atoms with Crippen molar-refractivity contribution >= 4 is 5.95 Å². The standard InChI is InChI=1S/C23H32N4O5/c1-29-19-5-4-17(21(30-2)22(19)31-3)15-26-8-6-16(7-9-26)18-14-20(28)25-23(24-18)27-10-12-32-13-11-27/h4-5,14,16H,6-13,15H2,1-3H3,(H,24,25,28). The molecule has 3 heterocycles. The normalized spacial score (nSPS) is 17.9. The van der Waals surface area contributed by atoms with Crippen molar-refractivity contribution in [3.63, 3.8) is 0 Å². The largest absolute Gasteiger partial charge is 0.493 e. The minimum atomic E-state index is -0.0889. The Morgan fingerprint density at radius 1 is 1.03 bits per heavy atom. The predicted molar refractivity (Wildman–Crippen MR) is 121 cm³/mol. The topological polar surface area (TPSA) is 89.2 Å². The fourth-order valence-corrected chi connectivity index (χ4v) is 4.51. The quantitative estimate of drug-likeness (QED) is 0.694. The summed E-state index contributed by atoms with van der Waals surface area (Å²) in [6.07, 6.45) is 1.91. The molecule has 9 heteroatoms. The third-order valence-corrected chi connectivity index (χ3v) is 6.25. The fraction of sp³-hybridized carbons (Fsp3) is 0.565. The second-order valence-electron chi connectivity index (χ2n) is 8.14. The molecule has 2 aliphatic rings. The van der Waals surface area contributed by atoms with E-state index in [0.717, 1.165) is 56.8 Å². The summed E-state index contributed by atoms with van der Waals surface area (Å²) in [4.78, 5) is 24.5. The highest BCUT2D eigenvalue weighted by Crippen LogP contribution is 2.40. The van der Waals surface area contributed by atoms with Crippen LogP contribution < -0.4 is 24.7 Å². The lowest BCUT2D eigenvalue weighted by Crippen LogP contribution is -2.39. The maximum atomic E-state index is 12.3. The highest BCUT2D eigenvalue weighted by molar-refractivity contribution is 5.55. The molecule has 0 saturated carbocycles. The van der Waals surface area contributed by atoms with Crippen LogP contribution >= 0.6 is 0 Å². The number of rotatable bonds is 7. The Hall–Kier alpha value is -2.78. The van der Waals surface area contributed by atoms with Crippen LogP contribution in [0.15, 0.2) is 23.0 Å². The zero-order valence-electron chi connectivity index (χ0n) is 19.1. The molecule has 0 amide bonds. The summed E-state index contributed by atoms with van der Waals surface area (Å²) in [6, 6.07) is 5.59. The van der Waals surface area contributed by atoms with Gasteiger partial charge < -0.3 is 23.8 Å². The summed E-state index contributed by atoms with van der Waals surface area (Å²) >= 11 is 0. The van der Waals surface area contributed by atoms with Crippen molar-refractivity contribution in [1.29, 1.82) is 0 Å². The second-order valence-corrected chi connectivity index (χ2v) is 8.14. The van der Waals surface area contributed by atoms with E-state index in [0.29, 0.717) is 36.4 Å². The Morgan fingerprint density at radius 3 is 2.41 bits per heavy atom. The van der Waals surface area contributed by atoms with Gasteiger partial charge in [0, 0.05) is 37.2 Å². The van der Waals surface area contributed by atoms with E-state index in [1.165, 1.54) is 0 Å². The molecule has 2 saturated heterocycles. The zero-order valence-corrected chi connectivity index (χ0v) is 19.1. The lowest BCUT2D eigenvalue weighted by atomic mass is 9.93. The van der Waals surface area contributed by atoms with Gasteiger partial charge in [-0.25, -0.2) is 4.98 Å². The van der Waals surface area contributed by atoms with Gasteiger partial charge in [-0.1, -0.05) is 6.07 Å². The first kappa shape index (κ1) is 22.4. The number of H-pyrrole nitrogens is 1. The van der Waals surface area contributed by atoms with Crippen molar-refractivity contribution in [2.24, 2.45) is 0 Å². The summed E-state index contributed by atoms with van der Waals surface area (Å²) in [7, 11) is 4.89. The van der Waals surface area contributed by atoms with Gasteiger partial charge in [0.15, 0.2) is 11.5 Å². The van der Waals surface area contributed by atoms with Crippen molar-refractivity contribution in [3.05, 3.63) is 39.8 Å². The van der Waals surface area contributed by atoms with Gasteiger partial charge in [0.2, 0.25) is 11.7 Å². The van der Waals surface area contributed by atoms with Crippen LogP contribution in [0.4, 0.5) is 5.95 Å². The molecule has 0 bridgehead atoms. The van der Waals surface area contributed by atoms with E-state index in [-0.39, 0.29) is 11.5 Å². The minimum absolute atomic E-state index is 0.0889. The minimum Gasteiger partial charge on any atom is -0.493 e. The van der Waals surface area contributed by atoms with Gasteiger partial charge in [-0.2, -0.15) is 0 Å². The first-order valence-corrected chi connectivity index (χ1v) is 11.1. The van der Waals surface area contributed by atoms with Crippen LogP contribution in [-0.4, -0.2) is 75.6 Å². The molecule has 2 fully saturated rings. The number of anilines is 1. The monoisotopic (exact) mass is 444 g/mol. The van der Waals surface area contributed by atoms with Gasteiger partial charge in [-0.15, -0.1) is 0 Å². The smallest absolute Gasteiger partial charge is 0.252 e. The number of aromatic nitrogens is 2. The molecule has 1 N–H and O–H groups in total. The van der Waals surface area contributed by atoms with E-state index in [2.05, 4.69) is 14.8 Å². The molecule has 0 atom stereocenters. The van der Waals surface area contributed by atoms with Gasteiger partial charge in [0.25, 0.3) is 5.56 Å². The van der Waals surface area contributed by atoms with Gasteiger partial charge in [0.05, 0.1) is 40.2 Å². The van der Waals surface area contributed by atoms with Gasteiger partial charge >= 0.3 is 0 Å². The highest BCUT2D eigenvalue weighted by atomic mass is 16.5. The van der Waals surface area contributed by atoms with Crippen LogP contribution in [-0.2, 0) is 11.3 Å². The molecule has 32 heavy (non-hydrogen) atoms. The van der Waals surface area contributed by atoms with Crippen LogP contribution in [0.3, 0.4) is 0 Å². The molecule has 9 nitrogen and oxygen atoms in total. The third kappa shape index (κ3) is 4.83. The zero-order chi connectivity index (χ0) is 22.5. The Morgan fingerprint density at radius 2 is 1.75 bits per heavy atom.